The lowest BCUT2D eigenvalue weighted by atomic mass is 10.1. The van der Waals surface area contributed by atoms with Crippen LogP contribution in [0.2, 0.25) is 0 Å². The summed E-state index contributed by atoms with van der Waals surface area (Å²) in [7, 11) is 1.14. The zero-order valence-corrected chi connectivity index (χ0v) is 7.62. The van der Waals surface area contributed by atoms with E-state index >= 15 is 0 Å². The number of hydrogen-bond donors (Lipinski definition) is 2. The summed E-state index contributed by atoms with van der Waals surface area (Å²) in [4.78, 5) is 14.6. The second-order valence-electron chi connectivity index (χ2n) is 2.70. The van der Waals surface area contributed by atoms with Gasteiger partial charge in [0.15, 0.2) is 6.10 Å². The molecule has 5 heteroatoms. The number of carbonyl (C=O) groups excluding carboxylic acids is 1. The Morgan fingerprint density at radius 2 is 2.29 bits per heavy atom. The Labute approximate surface area is 81.0 Å². The number of rotatable bonds is 3. The molecule has 0 aliphatic carbocycles. The van der Waals surface area contributed by atoms with Crippen molar-refractivity contribution in [3.05, 3.63) is 30.1 Å². The standard InChI is InChI=1S/C9H11NO4/c1-14-9(13)8(12)7(11)6-3-2-4-10-5-6/h2-5,7-8,11-12H,1H3. The highest BCUT2D eigenvalue weighted by molar-refractivity contribution is 5.75. The van der Waals surface area contributed by atoms with Crippen LogP contribution in [0.15, 0.2) is 24.5 Å². The molecule has 0 aromatic carbocycles. The molecule has 0 aliphatic heterocycles. The molecule has 0 fully saturated rings. The molecule has 0 bridgehead atoms. The summed E-state index contributed by atoms with van der Waals surface area (Å²) in [5.74, 6) is -0.874. The van der Waals surface area contributed by atoms with E-state index < -0.39 is 18.2 Å². The van der Waals surface area contributed by atoms with E-state index in [-0.39, 0.29) is 0 Å². The van der Waals surface area contributed by atoms with Crippen LogP contribution in [0, 0.1) is 0 Å². The largest absolute Gasteiger partial charge is 0.467 e. The number of aliphatic hydroxyl groups is 2. The van der Waals surface area contributed by atoms with Crippen LogP contribution >= 0.6 is 0 Å². The predicted molar refractivity (Wildman–Crippen MR) is 47.2 cm³/mol. The number of pyridine rings is 1. The molecular formula is C9H11NO4. The van der Waals surface area contributed by atoms with Gasteiger partial charge < -0.3 is 14.9 Å². The van der Waals surface area contributed by atoms with E-state index in [1.54, 1.807) is 12.1 Å². The molecule has 1 rings (SSSR count). The van der Waals surface area contributed by atoms with Crippen LogP contribution in [0.25, 0.3) is 0 Å². The van der Waals surface area contributed by atoms with E-state index in [2.05, 4.69) is 9.72 Å². The molecule has 5 nitrogen and oxygen atoms in total. The third kappa shape index (κ3) is 2.27. The van der Waals surface area contributed by atoms with Gasteiger partial charge in [0.1, 0.15) is 6.10 Å². The highest BCUT2D eigenvalue weighted by atomic mass is 16.5. The van der Waals surface area contributed by atoms with E-state index in [0.29, 0.717) is 5.56 Å². The minimum Gasteiger partial charge on any atom is -0.467 e. The topological polar surface area (TPSA) is 79.7 Å². The molecule has 2 N–H and O–H groups in total. The predicted octanol–water partition coefficient (Wildman–Crippen LogP) is -0.351. The summed E-state index contributed by atoms with van der Waals surface area (Å²) >= 11 is 0. The van der Waals surface area contributed by atoms with E-state index in [0.717, 1.165) is 7.11 Å². The number of ether oxygens (including phenoxy) is 1. The fraction of sp³-hybridized carbons (Fsp3) is 0.333. The zero-order valence-electron chi connectivity index (χ0n) is 7.62. The van der Waals surface area contributed by atoms with Crippen molar-refractivity contribution in [3.8, 4) is 0 Å². The second kappa shape index (κ2) is 4.69. The second-order valence-corrected chi connectivity index (χ2v) is 2.70. The van der Waals surface area contributed by atoms with Gasteiger partial charge in [-0.1, -0.05) is 6.07 Å². The van der Waals surface area contributed by atoms with Crippen molar-refractivity contribution in [2.24, 2.45) is 0 Å². The summed E-state index contributed by atoms with van der Waals surface area (Å²) in [5, 5.41) is 18.8. The maximum atomic E-state index is 10.9. The quantitative estimate of drug-likeness (QED) is 0.647. The molecule has 0 saturated carbocycles. The third-order valence-electron chi connectivity index (χ3n) is 1.77. The Hall–Kier alpha value is -1.46. The molecule has 1 heterocycles. The molecule has 76 valence electrons. The highest BCUT2D eigenvalue weighted by Crippen LogP contribution is 2.15. The first kappa shape index (κ1) is 10.6. The fourth-order valence-corrected chi connectivity index (χ4v) is 0.983. The molecular weight excluding hydrogens is 186 g/mol. The van der Waals surface area contributed by atoms with Crippen molar-refractivity contribution in [1.82, 2.24) is 4.98 Å². The SMILES string of the molecule is COC(=O)C(O)C(O)c1cccnc1. The average Bonchev–Trinajstić information content (AvgIpc) is 2.27. The molecule has 1 aromatic rings. The van der Waals surface area contributed by atoms with Gasteiger partial charge in [-0.2, -0.15) is 0 Å². The van der Waals surface area contributed by atoms with Gasteiger partial charge >= 0.3 is 5.97 Å². The number of hydrogen-bond acceptors (Lipinski definition) is 5. The molecule has 2 atom stereocenters. The van der Waals surface area contributed by atoms with Gasteiger partial charge in [-0.25, -0.2) is 4.79 Å². The molecule has 0 aliphatic rings. The van der Waals surface area contributed by atoms with Crippen molar-refractivity contribution in [2.75, 3.05) is 7.11 Å². The molecule has 0 amide bonds. The number of aliphatic hydroxyl groups excluding tert-OH is 2. The fourth-order valence-electron chi connectivity index (χ4n) is 0.983. The highest BCUT2D eigenvalue weighted by Gasteiger charge is 2.26. The normalized spacial score (nSPS) is 14.5. The molecule has 14 heavy (non-hydrogen) atoms. The number of nitrogens with zero attached hydrogens (tertiary/aromatic N) is 1. The van der Waals surface area contributed by atoms with Crippen LogP contribution < -0.4 is 0 Å². The lowest BCUT2D eigenvalue weighted by Crippen LogP contribution is -2.29. The van der Waals surface area contributed by atoms with Crippen molar-refractivity contribution < 1.29 is 19.7 Å². The monoisotopic (exact) mass is 197 g/mol. The van der Waals surface area contributed by atoms with Gasteiger partial charge in [-0.05, 0) is 6.07 Å². The Kier molecular flexibility index (Phi) is 3.55. The number of methoxy groups -OCH3 is 1. The van der Waals surface area contributed by atoms with Crippen molar-refractivity contribution in [2.45, 2.75) is 12.2 Å². The van der Waals surface area contributed by atoms with Gasteiger partial charge in [-0.3, -0.25) is 4.98 Å². The maximum Gasteiger partial charge on any atom is 0.337 e. The van der Waals surface area contributed by atoms with Gasteiger partial charge in [-0.15, -0.1) is 0 Å². The Morgan fingerprint density at radius 3 is 2.79 bits per heavy atom. The van der Waals surface area contributed by atoms with Crippen LogP contribution in [0.1, 0.15) is 11.7 Å². The summed E-state index contributed by atoms with van der Waals surface area (Å²) < 4.78 is 4.29. The van der Waals surface area contributed by atoms with Gasteiger partial charge in [0, 0.05) is 18.0 Å². The van der Waals surface area contributed by atoms with Gasteiger partial charge in [0.25, 0.3) is 0 Å². The van der Waals surface area contributed by atoms with Crippen LogP contribution in [0.5, 0.6) is 0 Å². The first-order valence-electron chi connectivity index (χ1n) is 4.00. The molecule has 0 radical (unpaired) electrons. The smallest absolute Gasteiger partial charge is 0.337 e. The number of esters is 1. The van der Waals surface area contributed by atoms with E-state index in [1.165, 1.54) is 12.4 Å². The number of carbonyl (C=O) groups is 1. The van der Waals surface area contributed by atoms with Crippen LogP contribution in [-0.2, 0) is 9.53 Å². The third-order valence-corrected chi connectivity index (χ3v) is 1.77. The molecule has 1 aromatic heterocycles. The summed E-state index contributed by atoms with van der Waals surface area (Å²) in [6, 6.07) is 3.16. The summed E-state index contributed by atoms with van der Waals surface area (Å²) in [6.07, 6.45) is 0.0118. The van der Waals surface area contributed by atoms with Crippen molar-refractivity contribution >= 4 is 5.97 Å². The summed E-state index contributed by atoms with van der Waals surface area (Å²) in [6.45, 7) is 0. The van der Waals surface area contributed by atoms with E-state index in [9.17, 15) is 15.0 Å². The molecule has 0 saturated heterocycles. The van der Waals surface area contributed by atoms with Crippen LogP contribution in [0.4, 0.5) is 0 Å². The first-order valence-corrected chi connectivity index (χ1v) is 4.00. The van der Waals surface area contributed by atoms with Crippen LogP contribution in [-0.4, -0.2) is 34.4 Å². The lowest BCUT2D eigenvalue weighted by molar-refractivity contribution is -0.156. The van der Waals surface area contributed by atoms with Crippen molar-refractivity contribution in [3.63, 3.8) is 0 Å². The van der Waals surface area contributed by atoms with Crippen molar-refractivity contribution in [1.29, 1.82) is 0 Å². The Morgan fingerprint density at radius 1 is 1.57 bits per heavy atom. The minimum atomic E-state index is -1.58. The zero-order chi connectivity index (χ0) is 10.6. The molecule has 0 spiro atoms. The maximum absolute atomic E-state index is 10.9. The van der Waals surface area contributed by atoms with Gasteiger partial charge in [0.2, 0.25) is 0 Å². The summed E-state index contributed by atoms with van der Waals surface area (Å²) in [5.41, 5.74) is 0.366. The molecule has 2 unspecified atom stereocenters. The Balaban J connectivity index is 2.75. The number of aromatic nitrogens is 1. The van der Waals surface area contributed by atoms with E-state index in [1.807, 2.05) is 0 Å². The van der Waals surface area contributed by atoms with Gasteiger partial charge in [0.05, 0.1) is 7.11 Å². The van der Waals surface area contributed by atoms with E-state index in [4.69, 9.17) is 0 Å². The van der Waals surface area contributed by atoms with Crippen LogP contribution in [0.3, 0.4) is 0 Å². The Bertz CT molecular complexity index is 301. The first-order chi connectivity index (χ1) is 6.66. The lowest BCUT2D eigenvalue weighted by Gasteiger charge is -2.15. The minimum absolute atomic E-state index is 0.366. The average molecular weight is 197 g/mol.